The number of carbonyl (C=O) groups excluding carboxylic acids is 1. The Bertz CT molecular complexity index is 3370. The van der Waals surface area contributed by atoms with Crippen LogP contribution in [0.4, 0.5) is 32.8 Å². The Kier molecular flexibility index (Phi) is 14.1. The quantitative estimate of drug-likeness (QED) is 0.0422. The number of aromatic amines is 1. The normalized spacial score (nSPS) is 27.0. The van der Waals surface area contributed by atoms with Crippen LogP contribution in [0.1, 0.15) is 101 Å². The number of amides is 1. The molecular weight excluding hydrogens is 1080 g/mol. The molecule has 25 heteroatoms. The molecule has 1 spiro atoms. The van der Waals surface area contributed by atoms with E-state index >= 15 is 4.39 Å². The number of nitro benzene ring substituents is 1. The minimum atomic E-state index is -4.87. The van der Waals surface area contributed by atoms with Crippen LogP contribution in [-0.2, 0) is 28.6 Å². The second-order valence-electron chi connectivity index (χ2n) is 23.1. The number of H-pyrrole nitrogens is 1. The van der Waals surface area contributed by atoms with Gasteiger partial charge >= 0.3 is 7.82 Å². The van der Waals surface area contributed by atoms with Crippen LogP contribution < -0.4 is 34.0 Å². The second-order valence-corrected chi connectivity index (χ2v) is 25.9. The molecule has 7 aliphatic rings. The van der Waals surface area contributed by atoms with Gasteiger partial charge in [-0.05, 0) is 120 Å². The lowest BCUT2D eigenvalue weighted by atomic mass is 9.59. The highest BCUT2D eigenvalue weighted by Gasteiger charge is 2.52. The number of phosphoric ester groups is 1. The maximum Gasteiger partial charge on any atom is 0.470 e. The number of hydrogen-bond donors (Lipinski definition) is 5. The van der Waals surface area contributed by atoms with E-state index in [1.807, 2.05) is 55.1 Å². The number of sulfonamides is 1. The van der Waals surface area contributed by atoms with Gasteiger partial charge in [0.2, 0.25) is 5.88 Å². The van der Waals surface area contributed by atoms with Gasteiger partial charge in [-0.2, -0.15) is 4.98 Å². The van der Waals surface area contributed by atoms with E-state index in [-0.39, 0.29) is 79.5 Å². The first-order chi connectivity index (χ1) is 38.2. The number of hydrogen-bond acceptors (Lipinski definition) is 17. The number of nitro groups is 1. The smallest absolute Gasteiger partial charge is 0.470 e. The van der Waals surface area contributed by atoms with Crippen LogP contribution in [0.2, 0.25) is 0 Å². The summed E-state index contributed by atoms with van der Waals surface area (Å²) in [5.41, 5.74) is -0.587. The van der Waals surface area contributed by atoms with Gasteiger partial charge < -0.3 is 53.6 Å². The summed E-state index contributed by atoms with van der Waals surface area (Å²) in [5.74, 6) is -0.0440. The van der Waals surface area contributed by atoms with Crippen molar-refractivity contribution in [1.29, 1.82) is 0 Å². The highest BCUT2D eigenvalue weighted by molar-refractivity contribution is 7.90. The summed E-state index contributed by atoms with van der Waals surface area (Å²) in [4.78, 5) is 59.8. The van der Waals surface area contributed by atoms with Crippen LogP contribution in [0, 0.1) is 15.5 Å². The van der Waals surface area contributed by atoms with Crippen molar-refractivity contribution in [3.05, 3.63) is 94.2 Å². The molecule has 0 unspecified atom stereocenters. The number of halogens is 1. The zero-order valence-corrected chi connectivity index (χ0v) is 46.4. The molecule has 5 aromatic rings. The van der Waals surface area contributed by atoms with E-state index in [1.165, 1.54) is 6.92 Å². The number of carbonyl (C=O) groups is 1. The molecule has 3 aromatic carbocycles. The number of ether oxygens (including phenoxy) is 5. The Hall–Kier alpha value is -6.11. The minimum Gasteiger partial charge on any atom is -0.491 e. The number of aromatic nitrogens is 2. The van der Waals surface area contributed by atoms with Gasteiger partial charge in [0.25, 0.3) is 21.6 Å². The molecule has 0 bridgehead atoms. The molecule has 5 fully saturated rings. The average molecular weight is 1150 g/mol. The van der Waals surface area contributed by atoms with Gasteiger partial charge in [-0.25, -0.2) is 22.1 Å². The summed E-state index contributed by atoms with van der Waals surface area (Å²) in [5, 5.41) is 16.3. The van der Waals surface area contributed by atoms with Crippen LogP contribution in [-0.4, -0.2) is 138 Å². The van der Waals surface area contributed by atoms with Gasteiger partial charge in [0.05, 0.1) is 70.7 Å². The number of anilines is 4. The number of pyridine rings is 1. The number of piperidine rings is 1. The van der Waals surface area contributed by atoms with E-state index in [0.717, 1.165) is 79.8 Å². The third kappa shape index (κ3) is 10.5. The summed E-state index contributed by atoms with van der Waals surface area (Å²) in [6.07, 6.45) is 5.31. The fourth-order valence-electron chi connectivity index (χ4n) is 13.3. The predicted molar refractivity (Wildman–Crippen MR) is 292 cm³/mol. The Morgan fingerprint density at radius 1 is 0.963 bits per heavy atom. The van der Waals surface area contributed by atoms with Crippen molar-refractivity contribution in [1.82, 2.24) is 19.6 Å². The van der Waals surface area contributed by atoms with E-state index in [9.17, 15) is 37.7 Å². The van der Waals surface area contributed by atoms with Gasteiger partial charge in [-0.1, -0.05) is 18.2 Å². The molecular formula is C55H66FN8O14PS. The molecule has 4 atom stereocenters. The zero-order chi connectivity index (χ0) is 55.9. The van der Waals surface area contributed by atoms with E-state index in [2.05, 4.69) is 37.0 Å². The average Bonchev–Trinajstić information content (AvgIpc) is 4.03. The summed E-state index contributed by atoms with van der Waals surface area (Å²) < 4.78 is 94.9. The van der Waals surface area contributed by atoms with Gasteiger partial charge in [-0.15, -0.1) is 0 Å². The fraction of sp³-hybridized carbons (Fsp3) is 0.527. The molecule has 2 saturated carbocycles. The Morgan fingerprint density at radius 2 is 1.73 bits per heavy atom. The molecule has 2 aliphatic carbocycles. The SMILES string of the molecule is CC(C)Oc1ccccc1[C@@H]1COCCN1C1CC2(CCN(c3ccc(C(=O)NS(=O)(=O)c4cc5c(c([N+](=O)[O-])c4)N[C@H](C4(F)CCC(C)(OP(=O)(O)O)CC4)CO5)c(N4c5cc6cc[nH]c6nc5O[C@H]5COCC[C@@H]54)c3)CC2)C1. The topological polar surface area (TPSA) is 270 Å². The largest absolute Gasteiger partial charge is 0.491 e. The lowest BCUT2D eigenvalue weighted by Gasteiger charge is -2.57. The minimum absolute atomic E-state index is 0.0107. The van der Waals surface area contributed by atoms with Gasteiger partial charge in [0.1, 0.15) is 35.5 Å². The lowest BCUT2D eigenvalue weighted by molar-refractivity contribution is -0.384. The summed E-state index contributed by atoms with van der Waals surface area (Å²) in [7, 11) is -9.75. The monoisotopic (exact) mass is 1140 g/mol. The first-order valence-corrected chi connectivity index (χ1v) is 30.4. The molecule has 7 heterocycles. The highest BCUT2D eigenvalue weighted by atomic mass is 32.2. The Labute approximate surface area is 462 Å². The molecule has 2 aromatic heterocycles. The number of fused-ring (bicyclic) bond motifs is 4. The molecule has 1 amide bonds. The second kappa shape index (κ2) is 20.7. The number of phosphoric acid groups is 1. The standard InChI is InChI=1S/C55H66FN8O14PS/c1-33(2)76-45-7-5-4-6-38(45)44-30-74-23-21-62(44)36-28-54(29-36)16-19-61(20-17-54)35-8-9-39(41(25-35)63-40-11-22-73-31-47(40)77-52-43(63)24-34-10-18-57-50(34)59-52)51(65)60-80(71,72)37-26-42(64(66)67)49-46(27-37)75-32-48(58-49)55(56)14-12-53(3,13-15-55)78-79(68,69)70/h4-10,18,24-27,33,36,40,44,47-48,58H,11-17,19-23,28-32H2,1-3H3,(H,57,59)(H,60,65)(H2,68,69,70)/t40-,44-,47-,48-,53?,55?/m0/s1. The Balaban J connectivity index is 0.815. The summed E-state index contributed by atoms with van der Waals surface area (Å²) in [6, 6.07) is 18.3. The van der Waals surface area contributed by atoms with Crippen LogP contribution >= 0.6 is 7.82 Å². The van der Waals surface area contributed by atoms with E-state index in [1.54, 1.807) is 12.3 Å². The van der Waals surface area contributed by atoms with E-state index in [0.29, 0.717) is 55.2 Å². The van der Waals surface area contributed by atoms with Gasteiger partial charge in [0, 0.05) is 67.2 Å². The first kappa shape index (κ1) is 54.5. The van der Waals surface area contributed by atoms with Crippen LogP contribution in [0.3, 0.4) is 0 Å². The molecule has 428 valence electrons. The van der Waals surface area contributed by atoms with Crippen molar-refractivity contribution in [2.24, 2.45) is 5.41 Å². The fourth-order valence-corrected chi connectivity index (χ4v) is 15.0. The number of benzene rings is 3. The highest BCUT2D eigenvalue weighted by Crippen LogP contribution is 2.55. The molecule has 3 saturated heterocycles. The molecule has 5 N–H and O–H groups in total. The lowest BCUT2D eigenvalue weighted by Crippen LogP contribution is -2.57. The van der Waals surface area contributed by atoms with Gasteiger partial charge in [0.15, 0.2) is 11.4 Å². The van der Waals surface area contributed by atoms with Crippen molar-refractivity contribution in [2.75, 3.05) is 67.8 Å². The predicted octanol–water partition coefficient (Wildman–Crippen LogP) is 8.21. The number of nitrogens with one attached hydrogen (secondary N) is 3. The van der Waals surface area contributed by atoms with Crippen molar-refractivity contribution < 1.29 is 65.1 Å². The van der Waals surface area contributed by atoms with Crippen LogP contribution in [0.5, 0.6) is 17.4 Å². The van der Waals surface area contributed by atoms with Crippen molar-refractivity contribution in [3.8, 4) is 17.4 Å². The molecule has 5 aliphatic heterocycles. The van der Waals surface area contributed by atoms with Crippen LogP contribution in [0.15, 0.2) is 77.8 Å². The number of morpholine rings is 1. The summed E-state index contributed by atoms with van der Waals surface area (Å²) in [6.45, 7) is 9.48. The summed E-state index contributed by atoms with van der Waals surface area (Å²) >= 11 is 0. The van der Waals surface area contributed by atoms with E-state index < -0.39 is 62.7 Å². The molecule has 12 rings (SSSR count). The number of para-hydroxylation sites is 1. The zero-order valence-electron chi connectivity index (χ0n) is 44.7. The van der Waals surface area contributed by atoms with Crippen LogP contribution in [0.25, 0.3) is 11.0 Å². The molecule has 22 nitrogen and oxygen atoms in total. The third-order valence-corrected chi connectivity index (χ3v) is 19.5. The molecule has 0 radical (unpaired) electrons. The van der Waals surface area contributed by atoms with Crippen molar-refractivity contribution >= 4 is 63.2 Å². The van der Waals surface area contributed by atoms with E-state index in [4.69, 9.17) is 33.2 Å². The van der Waals surface area contributed by atoms with Gasteiger partial charge in [-0.3, -0.25) is 24.3 Å². The van der Waals surface area contributed by atoms with Crippen molar-refractivity contribution in [3.63, 3.8) is 0 Å². The molecule has 80 heavy (non-hydrogen) atoms. The Morgan fingerprint density at radius 3 is 2.48 bits per heavy atom. The van der Waals surface area contributed by atoms with Crippen molar-refractivity contribution in [2.45, 2.75) is 131 Å². The first-order valence-electron chi connectivity index (χ1n) is 27.4. The number of nitrogens with zero attached hydrogens (tertiary/aromatic N) is 5. The third-order valence-electron chi connectivity index (χ3n) is 17.5. The number of rotatable bonds is 13. The maximum absolute atomic E-state index is 16.6. The maximum atomic E-state index is 16.6. The number of alkyl halides is 1.